The Hall–Kier alpha value is -1.19. The van der Waals surface area contributed by atoms with E-state index in [-0.39, 0.29) is 19.6 Å². The fourth-order valence-corrected chi connectivity index (χ4v) is 2.59. The van der Waals surface area contributed by atoms with Crippen LogP contribution >= 0.6 is 0 Å². The van der Waals surface area contributed by atoms with Gasteiger partial charge in [-0.25, -0.2) is 18.4 Å². The molecule has 1 aliphatic rings. The van der Waals surface area contributed by atoms with Crippen molar-refractivity contribution in [2.24, 2.45) is 5.14 Å². The fraction of sp³-hybridized carbons (Fsp3) is 0.818. The molecule has 8 nitrogen and oxygen atoms in total. The summed E-state index contributed by atoms with van der Waals surface area (Å²) in [5.41, 5.74) is -0.560. The zero-order chi connectivity index (χ0) is 15.7. The van der Waals surface area contributed by atoms with Gasteiger partial charge in [0.05, 0.1) is 12.2 Å². The van der Waals surface area contributed by atoms with E-state index in [1.165, 1.54) is 0 Å². The Morgan fingerprint density at radius 2 is 2.10 bits per heavy atom. The molecule has 0 aliphatic carbocycles. The Balaban J connectivity index is 2.83. The zero-order valence-corrected chi connectivity index (χ0v) is 12.5. The molecule has 20 heavy (non-hydrogen) atoms. The maximum atomic E-state index is 11.8. The van der Waals surface area contributed by atoms with E-state index < -0.39 is 38.8 Å². The molecule has 0 aromatic heterocycles. The van der Waals surface area contributed by atoms with E-state index in [0.717, 1.165) is 4.90 Å². The lowest BCUT2D eigenvalue weighted by atomic mass is 10.2. The number of ether oxygens (including phenoxy) is 1. The number of carbonyl (C=O) groups excluding carboxylic acids is 1. The summed E-state index contributed by atoms with van der Waals surface area (Å²) in [6, 6.07) is -1.21. The van der Waals surface area contributed by atoms with Crippen molar-refractivity contribution in [3.63, 3.8) is 0 Å². The minimum absolute atomic E-state index is 0.206. The van der Waals surface area contributed by atoms with Crippen LogP contribution in [0.1, 0.15) is 27.2 Å². The van der Waals surface area contributed by atoms with Crippen molar-refractivity contribution in [3.8, 4) is 0 Å². The van der Waals surface area contributed by atoms with E-state index in [0.29, 0.717) is 0 Å². The van der Waals surface area contributed by atoms with Crippen LogP contribution in [0.4, 0.5) is 0 Å². The Labute approximate surface area is 117 Å². The van der Waals surface area contributed by atoms with Crippen molar-refractivity contribution in [2.75, 3.05) is 13.2 Å². The first kappa shape index (κ1) is 16.9. The van der Waals surface area contributed by atoms with Crippen LogP contribution < -0.4 is 5.14 Å². The second-order valence-electron chi connectivity index (χ2n) is 5.74. The lowest BCUT2D eigenvalue weighted by Gasteiger charge is -2.28. The highest BCUT2D eigenvalue weighted by Gasteiger charge is 2.42. The number of nitrogens with zero attached hydrogens (tertiary/aromatic N) is 1. The summed E-state index contributed by atoms with van der Waals surface area (Å²) in [6.45, 7) is 4.84. The molecular weight excluding hydrogens is 288 g/mol. The molecule has 1 fully saturated rings. The normalized spacial score (nSPS) is 22.1. The number of primary sulfonamides is 1. The highest BCUT2D eigenvalue weighted by atomic mass is 32.2. The third kappa shape index (κ3) is 4.43. The third-order valence-corrected chi connectivity index (χ3v) is 4.17. The SMILES string of the molecule is CC(C)(C)OC[C@@H](C(=O)O)N1CC(S(N)(=O)=O)CC1=O. The predicted octanol–water partition coefficient (Wildman–Crippen LogP) is -0.856. The van der Waals surface area contributed by atoms with Gasteiger partial charge in [-0.1, -0.05) is 0 Å². The molecule has 1 unspecified atom stereocenters. The van der Waals surface area contributed by atoms with Crippen molar-refractivity contribution in [2.45, 2.75) is 44.1 Å². The summed E-state index contributed by atoms with van der Waals surface area (Å²) in [5.74, 6) is -1.79. The Kier molecular flexibility index (Phi) is 4.78. The highest BCUT2D eigenvalue weighted by molar-refractivity contribution is 7.89. The monoisotopic (exact) mass is 308 g/mol. The van der Waals surface area contributed by atoms with Gasteiger partial charge in [0.1, 0.15) is 5.25 Å². The van der Waals surface area contributed by atoms with Crippen molar-refractivity contribution < 1.29 is 27.9 Å². The van der Waals surface area contributed by atoms with E-state index in [2.05, 4.69) is 0 Å². The summed E-state index contributed by atoms with van der Waals surface area (Å²) in [6.07, 6.45) is -0.294. The molecule has 3 N–H and O–H groups in total. The quantitative estimate of drug-likeness (QED) is 0.680. The molecular formula is C11H20N2O6S. The second kappa shape index (κ2) is 5.66. The zero-order valence-electron chi connectivity index (χ0n) is 11.7. The molecule has 0 spiro atoms. The summed E-state index contributed by atoms with van der Waals surface area (Å²) in [5, 5.41) is 13.1. The van der Waals surface area contributed by atoms with Crippen molar-refractivity contribution in [1.29, 1.82) is 0 Å². The number of likely N-dealkylation sites (tertiary alicyclic amines) is 1. The van der Waals surface area contributed by atoms with Gasteiger partial charge in [-0.15, -0.1) is 0 Å². The van der Waals surface area contributed by atoms with Gasteiger partial charge in [0.2, 0.25) is 15.9 Å². The molecule has 1 rings (SSSR count). The minimum Gasteiger partial charge on any atom is -0.480 e. The predicted molar refractivity (Wildman–Crippen MR) is 70.4 cm³/mol. The van der Waals surface area contributed by atoms with Gasteiger partial charge in [0, 0.05) is 13.0 Å². The van der Waals surface area contributed by atoms with Crippen LogP contribution in [0.15, 0.2) is 0 Å². The summed E-state index contributed by atoms with van der Waals surface area (Å²) < 4.78 is 27.9. The van der Waals surface area contributed by atoms with Crippen LogP contribution in [-0.2, 0) is 24.3 Å². The molecule has 0 radical (unpaired) electrons. The van der Waals surface area contributed by atoms with E-state index in [1.807, 2.05) is 0 Å². The molecule has 0 aromatic rings. The number of amides is 1. The van der Waals surface area contributed by atoms with Crippen LogP contribution in [0, 0.1) is 0 Å². The molecule has 116 valence electrons. The van der Waals surface area contributed by atoms with Crippen molar-refractivity contribution in [3.05, 3.63) is 0 Å². The summed E-state index contributed by atoms with van der Waals surface area (Å²) >= 11 is 0. The average Bonchev–Trinajstić information content (AvgIpc) is 2.58. The standard InChI is InChI=1S/C11H20N2O6S/c1-11(2,3)19-6-8(10(15)16)13-5-7(4-9(13)14)20(12,17)18/h7-8H,4-6H2,1-3H3,(H,15,16)(H2,12,17,18)/t7?,8-/m0/s1. The average molecular weight is 308 g/mol. The van der Waals surface area contributed by atoms with E-state index >= 15 is 0 Å². The largest absolute Gasteiger partial charge is 0.480 e. The number of hydrogen-bond donors (Lipinski definition) is 2. The van der Waals surface area contributed by atoms with Crippen LogP contribution in [-0.4, -0.2) is 60.3 Å². The molecule has 1 heterocycles. The third-order valence-electron chi connectivity index (χ3n) is 2.92. The molecule has 0 aromatic carbocycles. The number of hydrogen-bond acceptors (Lipinski definition) is 5. The first-order chi connectivity index (χ1) is 8.92. The summed E-state index contributed by atoms with van der Waals surface area (Å²) in [4.78, 5) is 24.0. The molecule has 1 saturated heterocycles. The van der Waals surface area contributed by atoms with Gasteiger partial charge in [0.15, 0.2) is 6.04 Å². The number of carboxylic acids is 1. The van der Waals surface area contributed by atoms with Gasteiger partial charge in [0.25, 0.3) is 0 Å². The lowest BCUT2D eigenvalue weighted by Crippen LogP contribution is -2.47. The molecule has 1 aliphatic heterocycles. The second-order valence-corrected chi connectivity index (χ2v) is 7.58. The maximum absolute atomic E-state index is 11.8. The number of aliphatic carboxylic acids is 1. The molecule has 2 atom stereocenters. The highest BCUT2D eigenvalue weighted by Crippen LogP contribution is 2.20. The van der Waals surface area contributed by atoms with Crippen LogP contribution in [0.25, 0.3) is 0 Å². The van der Waals surface area contributed by atoms with Gasteiger partial charge in [-0.05, 0) is 20.8 Å². The van der Waals surface area contributed by atoms with Gasteiger partial charge in [-0.2, -0.15) is 0 Å². The van der Waals surface area contributed by atoms with E-state index in [1.54, 1.807) is 20.8 Å². The number of carboxylic acid groups (broad SMARTS) is 1. The number of carbonyl (C=O) groups is 2. The Morgan fingerprint density at radius 3 is 2.45 bits per heavy atom. The smallest absolute Gasteiger partial charge is 0.328 e. The summed E-state index contributed by atoms with van der Waals surface area (Å²) in [7, 11) is -3.87. The Morgan fingerprint density at radius 1 is 1.55 bits per heavy atom. The van der Waals surface area contributed by atoms with Gasteiger partial charge >= 0.3 is 5.97 Å². The van der Waals surface area contributed by atoms with Gasteiger partial charge in [-0.3, -0.25) is 4.79 Å². The fourth-order valence-electron chi connectivity index (χ4n) is 1.84. The van der Waals surface area contributed by atoms with E-state index in [9.17, 15) is 23.1 Å². The number of sulfonamides is 1. The maximum Gasteiger partial charge on any atom is 0.328 e. The van der Waals surface area contributed by atoms with Crippen LogP contribution in [0.3, 0.4) is 0 Å². The molecule has 9 heteroatoms. The first-order valence-corrected chi connectivity index (χ1v) is 7.70. The Bertz CT molecular complexity index is 496. The molecule has 0 saturated carbocycles. The van der Waals surface area contributed by atoms with Crippen LogP contribution in [0.5, 0.6) is 0 Å². The van der Waals surface area contributed by atoms with E-state index in [4.69, 9.17) is 9.88 Å². The van der Waals surface area contributed by atoms with Gasteiger partial charge < -0.3 is 14.7 Å². The number of nitrogens with two attached hydrogens (primary N) is 1. The first-order valence-electron chi connectivity index (χ1n) is 6.09. The molecule has 1 amide bonds. The topological polar surface area (TPSA) is 127 Å². The lowest BCUT2D eigenvalue weighted by molar-refractivity contribution is -0.153. The number of rotatable bonds is 5. The van der Waals surface area contributed by atoms with Crippen molar-refractivity contribution in [1.82, 2.24) is 4.90 Å². The van der Waals surface area contributed by atoms with Crippen LogP contribution in [0.2, 0.25) is 0 Å². The minimum atomic E-state index is -3.87. The molecule has 0 bridgehead atoms. The van der Waals surface area contributed by atoms with Crippen molar-refractivity contribution >= 4 is 21.9 Å².